The lowest BCUT2D eigenvalue weighted by molar-refractivity contribution is 0.0741. The molecule has 0 atom stereocenters. The maximum absolute atomic E-state index is 13.1. The molecule has 1 fully saturated rings. The van der Waals surface area contributed by atoms with Crippen LogP contribution in [0.15, 0.2) is 41.2 Å². The Bertz CT molecular complexity index is 1340. The zero-order valence-corrected chi connectivity index (χ0v) is 19.6. The Balaban J connectivity index is 1.47. The number of hydrogen-bond acceptors (Lipinski definition) is 6. The zero-order valence-electron chi connectivity index (χ0n) is 18.8. The average molecular weight is 473 g/mol. The number of carbonyl (C=O) groups excluding carboxylic acids is 1. The third-order valence-corrected chi connectivity index (χ3v) is 5.99. The van der Waals surface area contributed by atoms with E-state index < -0.39 is 10.0 Å². The van der Waals surface area contributed by atoms with Gasteiger partial charge < -0.3 is 25.1 Å². The Morgan fingerprint density at radius 3 is 2.42 bits per heavy atom. The summed E-state index contributed by atoms with van der Waals surface area (Å²) in [7, 11) is -3.38. The lowest BCUT2D eigenvalue weighted by Gasteiger charge is -2.36. The number of H-pyrrole nitrogens is 2. The van der Waals surface area contributed by atoms with Crippen LogP contribution in [0.1, 0.15) is 24.3 Å². The summed E-state index contributed by atoms with van der Waals surface area (Å²) >= 11 is 0. The van der Waals surface area contributed by atoms with E-state index in [9.17, 15) is 18.0 Å². The van der Waals surface area contributed by atoms with Crippen LogP contribution >= 0.6 is 0 Å². The maximum Gasteiger partial charge on any atom is 0.270 e. The number of anilines is 3. The molecule has 11 heteroatoms. The van der Waals surface area contributed by atoms with Gasteiger partial charge in [0.2, 0.25) is 15.6 Å². The molecule has 1 aromatic carbocycles. The van der Waals surface area contributed by atoms with Crippen LogP contribution in [0.5, 0.6) is 0 Å². The van der Waals surface area contributed by atoms with E-state index in [1.807, 2.05) is 13.8 Å². The number of carbonyl (C=O) groups is 1. The lowest BCUT2D eigenvalue weighted by atomic mass is 10.2. The second-order valence-electron chi connectivity index (χ2n) is 8.52. The van der Waals surface area contributed by atoms with Gasteiger partial charge in [0.1, 0.15) is 11.5 Å². The van der Waals surface area contributed by atoms with Gasteiger partial charge in [0.15, 0.2) is 0 Å². The van der Waals surface area contributed by atoms with E-state index in [1.165, 1.54) is 6.07 Å². The minimum absolute atomic E-state index is 0.120. The van der Waals surface area contributed by atoms with Crippen LogP contribution in [-0.4, -0.2) is 67.7 Å². The fourth-order valence-electron chi connectivity index (χ4n) is 3.97. The predicted octanol–water partition coefficient (Wildman–Crippen LogP) is 2.01. The molecule has 0 saturated carbocycles. The maximum atomic E-state index is 13.1. The number of sulfonamides is 1. The van der Waals surface area contributed by atoms with Crippen molar-refractivity contribution in [1.29, 1.82) is 0 Å². The molecule has 0 spiro atoms. The number of pyridine rings is 1. The number of hydrogen-bond donors (Lipinski definition) is 4. The summed E-state index contributed by atoms with van der Waals surface area (Å²) < 4.78 is 25.4. The van der Waals surface area contributed by atoms with Crippen LogP contribution in [0.3, 0.4) is 0 Å². The standard InChI is InChI=1S/C22H28N6O4S/c1-14(2)23-18-6-7-20(29)25-21(18)27-8-10-28(11-9-27)22(30)19-13-15-12-16(26-33(3,31)32)4-5-17(15)24-19/h4-7,12-14,23-24,26H,8-11H2,1-3H3,(H,25,29). The van der Waals surface area contributed by atoms with Gasteiger partial charge in [-0.25, -0.2) is 8.42 Å². The van der Waals surface area contributed by atoms with Gasteiger partial charge in [-0.05, 0) is 44.2 Å². The summed E-state index contributed by atoms with van der Waals surface area (Å²) in [6.45, 7) is 6.25. The fraction of sp³-hybridized carbons (Fsp3) is 0.364. The van der Waals surface area contributed by atoms with Crippen molar-refractivity contribution in [3.63, 3.8) is 0 Å². The highest BCUT2D eigenvalue weighted by atomic mass is 32.2. The lowest BCUT2D eigenvalue weighted by Crippen LogP contribution is -2.49. The first-order valence-electron chi connectivity index (χ1n) is 10.7. The van der Waals surface area contributed by atoms with Gasteiger partial charge in [-0.3, -0.25) is 14.3 Å². The van der Waals surface area contributed by atoms with Crippen LogP contribution in [-0.2, 0) is 10.0 Å². The molecule has 1 aliphatic rings. The minimum atomic E-state index is -3.38. The normalized spacial score (nSPS) is 14.7. The number of benzene rings is 1. The van der Waals surface area contributed by atoms with E-state index in [0.29, 0.717) is 37.6 Å². The molecule has 2 aromatic heterocycles. The fourth-order valence-corrected chi connectivity index (χ4v) is 4.52. The van der Waals surface area contributed by atoms with Crippen molar-refractivity contribution in [2.45, 2.75) is 19.9 Å². The van der Waals surface area contributed by atoms with Gasteiger partial charge in [0, 0.05) is 54.9 Å². The first kappa shape index (κ1) is 22.7. The molecule has 0 aliphatic carbocycles. The number of aromatic nitrogens is 2. The molecule has 176 valence electrons. The van der Waals surface area contributed by atoms with Crippen LogP contribution in [0.25, 0.3) is 10.9 Å². The molecule has 0 bridgehead atoms. The summed E-state index contributed by atoms with van der Waals surface area (Å²) in [4.78, 5) is 34.9. The quantitative estimate of drug-likeness (QED) is 0.434. The van der Waals surface area contributed by atoms with Gasteiger partial charge in [0.05, 0.1) is 11.9 Å². The second kappa shape index (κ2) is 8.81. The van der Waals surface area contributed by atoms with Crippen LogP contribution < -0.4 is 20.5 Å². The van der Waals surface area contributed by atoms with Gasteiger partial charge in [-0.15, -0.1) is 0 Å². The molecule has 4 rings (SSSR count). The molecule has 1 saturated heterocycles. The van der Waals surface area contributed by atoms with Gasteiger partial charge in [-0.1, -0.05) is 0 Å². The molecule has 3 heterocycles. The van der Waals surface area contributed by atoms with E-state index in [2.05, 4.69) is 24.9 Å². The Hall–Kier alpha value is -3.47. The van der Waals surface area contributed by atoms with E-state index in [-0.39, 0.29) is 17.5 Å². The largest absolute Gasteiger partial charge is 0.380 e. The van der Waals surface area contributed by atoms with E-state index in [0.717, 1.165) is 28.7 Å². The van der Waals surface area contributed by atoms with Crippen molar-refractivity contribution in [1.82, 2.24) is 14.9 Å². The summed E-state index contributed by atoms with van der Waals surface area (Å²) in [6, 6.07) is 10.3. The molecule has 1 amide bonds. The molecular weight excluding hydrogens is 444 g/mol. The summed E-state index contributed by atoms with van der Waals surface area (Å²) in [5.74, 6) is 0.616. The number of piperazine rings is 1. The third-order valence-electron chi connectivity index (χ3n) is 5.38. The van der Waals surface area contributed by atoms with Gasteiger partial charge in [-0.2, -0.15) is 0 Å². The average Bonchev–Trinajstić information content (AvgIpc) is 3.16. The molecular formula is C22H28N6O4S. The highest BCUT2D eigenvalue weighted by molar-refractivity contribution is 7.92. The topological polar surface area (TPSA) is 130 Å². The summed E-state index contributed by atoms with van der Waals surface area (Å²) in [6.07, 6.45) is 1.09. The van der Waals surface area contributed by atoms with Crippen molar-refractivity contribution < 1.29 is 13.2 Å². The number of fused-ring (bicyclic) bond motifs is 1. The summed E-state index contributed by atoms with van der Waals surface area (Å²) in [5.41, 5.74) is 2.34. The SMILES string of the molecule is CC(C)Nc1ccc(=O)[nH]c1N1CCN(C(=O)c2cc3cc(NS(C)(=O)=O)ccc3[nH]2)CC1. The molecule has 4 N–H and O–H groups in total. The van der Waals surface area contributed by atoms with Crippen molar-refractivity contribution in [3.05, 3.63) is 52.4 Å². The molecule has 10 nitrogen and oxygen atoms in total. The molecule has 0 radical (unpaired) electrons. The Morgan fingerprint density at radius 2 is 1.76 bits per heavy atom. The zero-order chi connectivity index (χ0) is 23.8. The van der Waals surface area contributed by atoms with Crippen molar-refractivity contribution in [3.8, 4) is 0 Å². The third kappa shape index (κ3) is 5.30. The summed E-state index contributed by atoms with van der Waals surface area (Å²) in [5, 5.41) is 4.10. The van der Waals surface area contributed by atoms with E-state index in [4.69, 9.17) is 0 Å². The monoisotopic (exact) mass is 472 g/mol. The molecule has 0 unspecified atom stereocenters. The highest BCUT2D eigenvalue weighted by Crippen LogP contribution is 2.25. The smallest absolute Gasteiger partial charge is 0.270 e. The van der Waals surface area contributed by atoms with Crippen molar-refractivity contribution >= 4 is 44.0 Å². The first-order chi connectivity index (χ1) is 15.6. The van der Waals surface area contributed by atoms with Gasteiger partial charge in [0.25, 0.3) is 5.91 Å². The molecule has 1 aliphatic heterocycles. The molecule has 33 heavy (non-hydrogen) atoms. The van der Waals surface area contributed by atoms with Crippen LogP contribution in [0.2, 0.25) is 0 Å². The van der Waals surface area contributed by atoms with Gasteiger partial charge >= 0.3 is 0 Å². The number of nitrogens with zero attached hydrogens (tertiary/aromatic N) is 2. The van der Waals surface area contributed by atoms with Crippen LogP contribution in [0.4, 0.5) is 17.2 Å². The molecule has 3 aromatic rings. The predicted molar refractivity (Wildman–Crippen MR) is 131 cm³/mol. The number of nitrogens with one attached hydrogen (secondary N) is 4. The van der Waals surface area contributed by atoms with Crippen molar-refractivity contribution in [2.75, 3.05) is 47.4 Å². The highest BCUT2D eigenvalue weighted by Gasteiger charge is 2.25. The number of amides is 1. The Labute approximate surface area is 192 Å². The Kier molecular flexibility index (Phi) is 6.07. The van der Waals surface area contributed by atoms with E-state index in [1.54, 1.807) is 35.2 Å². The Morgan fingerprint density at radius 1 is 1.03 bits per heavy atom. The van der Waals surface area contributed by atoms with E-state index >= 15 is 0 Å². The van der Waals surface area contributed by atoms with Crippen molar-refractivity contribution in [2.24, 2.45) is 0 Å². The van der Waals surface area contributed by atoms with Crippen LogP contribution in [0, 0.1) is 0 Å². The second-order valence-corrected chi connectivity index (χ2v) is 10.3. The number of rotatable bonds is 6. The first-order valence-corrected chi connectivity index (χ1v) is 12.6. The minimum Gasteiger partial charge on any atom is -0.380 e. The number of aromatic amines is 2.